The van der Waals surface area contributed by atoms with Crippen molar-refractivity contribution in [3.05, 3.63) is 12.3 Å². The van der Waals surface area contributed by atoms with Crippen LogP contribution < -0.4 is 15.5 Å². The fourth-order valence-corrected chi connectivity index (χ4v) is 6.16. The van der Waals surface area contributed by atoms with E-state index in [1.807, 2.05) is 6.20 Å². The average Bonchev–Trinajstić information content (AvgIpc) is 3.07. The molecule has 0 amide bonds. The van der Waals surface area contributed by atoms with E-state index in [1.165, 1.54) is 44.2 Å². The predicted octanol–water partition coefficient (Wildman–Crippen LogP) is 2.51. The molecule has 0 spiro atoms. The second-order valence-corrected chi connectivity index (χ2v) is 8.62. The molecule has 0 unspecified atom stereocenters. The molecule has 4 aliphatic carbocycles. The molecule has 1 aromatic rings. The number of nitrogens with one attached hydrogen (secondary N) is 2. The molecule has 5 fully saturated rings. The van der Waals surface area contributed by atoms with Crippen LogP contribution in [0.15, 0.2) is 12.3 Å². The Hall–Kier alpha value is -1.36. The van der Waals surface area contributed by atoms with Gasteiger partial charge in [0.05, 0.1) is 11.9 Å². The lowest BCUT2D eigenvalue weighted by Gasteiger charge is -2.54. The number of nitrogens with zero attached hydrogens (tertiary/aromatic N) is 3. The van der Waals surface area contributed by atoms with E-state index in [0.717, 1.165) is 42.6 Å². The highest BCUT2D eigenvalue weighted by atomic mass is 15.2. The summed E-state index contributed by atoms with van der Waals surface area (Å²) in [5.74, 6) is 4.76. The smallest absolute Gasteiger partial charge is 0.150 e. The molecule has 5 aliphatic rings. The monoisotopic (exact) mass is 327 g/mol. The lowest BCUT2D eigenvalue weighted by atomic mass is 9.54. The first-order chi connectivity index (χ1) is 11.8. The fourth-order valence-electron chi connectivity index (χ4n) is 6.16. The van der Waals surface area contributed by atoms with Gasteiger partial charge in [-0.1, -0.05) is 0 Å². The Balaban J connectivity index is 1.30. The molecule has 4 bridgehead atoms. The predicted molar refractivity (Wildman–Crippen MR) is 96.2 cm³/mol. The molecule has 1 aromatic heterocycles. The lowest BCUT2D eigenvalue weighted by molar-refractivity contribution is 0.00739. The normalized spacial score (nSPS) is 40.3. The molecule has 0 aromatic carbocycles. The van der Waals surface area contributed by atoms with Gasteiger partial charge < -0.3 is 15.5 Å². The zero-order valence-corrected chi connectivity index (χ0v) is 14.6. The minimum absolute atomic E-state index is 0.596. The van der Waals surface area contributed by atoms with Crippen LogP contribution in [0.1, 0.15) is 38.5 Å². The molecular weight excluding hydrogens is 298 g/mol. The van der Waals surface area contributed by atoms with E-state index in [-0.39, 0.29) is 0 Å². The Kier molecular flexibility index (Phi) is 3.65. The Morgan fingerprint density at radius 3 is 2.50 bits per heavy atom. The average molecular weight is 327 g/mol. The van der Waals surface area contributed by atoms with Gasteiger partial charge in [0.25, 0.3) is 0 Å². The van der Waals surface area contributed by atoms with Crippen LogP contribution in [0.5, 0.6) is 0 Å². The number of aromatic nitrogens is 2. The summed E-state index contributed by atoms with van der Waals surface area (Å²) in [7, 11) is 2.05. The van der Waals surface area contributed by atoms with Crippen LogP contribution in [0, 0.1) is 23.7 Å². The molecule has 0 radical (unpaired) electrons. The third-order valence-electron chi connectivity index (χ3n) is 7.14. The summed E-state index contributed by atoms with van der Waals surface area (Å²) in [6.45, 7) is 2.17. The molecule has 4 saturated carbocycles. The quantitative estimate of drug-likeness (QED) is 0.890. The summed E-state index contributed by atoms with van der Waals surface area (Å²) >= 11 is 0. The summed E-state index contributed by atoms with van der Waals surface area (Å²) in [6.07, 6.45) is 10.4. The molecule has 1 atom stereocenters. The van der Waals surface area contributed by atoms with Gasteiger partial charge in [-0.25, -0.2) is 0 Å². The highest BCUT2D eigenvalue weighted by Gasteiger charge is 2.48. The maximum Gasteiger partial charge on any atom is 0.150 e. The van der Waals surface area contributed by atoms with Gasteiger partial charge in [-0.15, -0.1) is 5.10 Å². The maximum absolute atomic E-state index is 4.40. The molecule has 6 rings (SSSR count). The maximum atomic E-state index is 4.40. The van der Waals surface area contributed by atoms with Crippen LogP contribution >= 0.6 is 0 Å². The first kappa shape index (κ1) is 14.9. The largest absolute Gasteiger partial charge is 0.369 e. The Bertz CT molecular complexity index is 575. The molecule has 1 saturated heterocycles. The van der Waals surface area contributed by atoms with Gasteiger partial charge in [0.2, 0.25) is 0 Å². The SMILES string of the molecule is CN[C@H]1CCN(c2cnnc(NC3C4CC5CC(C4)CC3C5)c2)C1. The Morgan fingerprint density at radius 1 is 1.08 bits per heavy atom. The second kappa shape index (κ2) is 5.87. The van der Waals surface area contributed by atoms with Gasteiger partial charge in [0, 0.05) is 31.2 Å². The topological polar surface area (TPSA) is 53.1 Å². The number of hydrogen-bond acceptors (Lipinski definition) is 5. The Morgan fingerprint density at radius 2 is 1.83 bits per heavy atom. The van der Waals surface area contributed by atoms with Crippen molar-refractivity contribution in [2.45, 2.75) is 50.6 Å². The molecule has 2 heterocycles. The van der Waals surface area contributed by atoms with E-state index < -0.39 is 0 Å². The first-order valence-electron chi connectivity index (χ1n) is 9.80. The summed E-state index contributed by atoms with van der Waals surface area (Å²) in [6, 6.07) is 3.45. The minimum Gasteiger partial charge on any atom is -0.369 e. The van der Waals surface area contributed by atoms with Crippen LogP contribution in [0.2, 0.25) is 0 Å². The van der Waals surface area contributed by atoms with E-state index in [1.54, 1.807) is 0 Å². The van der Waals surface area contributed by atoms with Crippen molar-refractivity contribution in [2.75, 3.05) is 30.4 Å². The summed E-state index contributed by atoms with van der Waals surface area (Å²) in [4.78, 5) is 2.43. The van der Waals surface area contributed by atoms with Gasteiger partial charge in [0.1, 0.15) is 0 Å². The number of rotatable bonds is 4. The van der Waals surface area contributed by atoms with Gasteiger partial charge in [-0.2, -0.15) is 5.10 Å². The van der Waals surface area contributed by atoms with Gasteiger partial charge in [-0.05, 0) is 69.2 Å². The molecule has 2 N–H and O–H groups in total. The van der Waals surface area contributed by atoms with E-state index in [4.69, 9.17) is 0 Å². The van der Waals surface area contributed by atoms with Crippen LogP contribution in [0.4, 0.5) is 11.5 Å². The summed E-state index contributed by atoms with van der Waals surface area (Å²) < 4.78 is 0. The summed E-state index contributed by atoms with van der Waals surface area (Å²) in [5, 5.41) is 15.9. The van der Waals surface area contributed by atoms with Crippen molar-refractivity contribution in [3.63, 3.8) is 0 Å². The Labute approximate surface area is 144 Å². The van der Waals surface area contributed by atoms with Crippen molar-refractivity contribution >= 4 is 11.5 Å². The van der Waals surface area contributed by atoms with Crippen molar-refractivity contribution in [1.29, 1.82) is 0 Å². The van der Waals surface area contributed by atoms with E-state index in [0.29, 0.717) is 12.1 Å². The first-order valence-corrected chi connectivity index (χ1v) is 9.80. The van der Waals surface area contributed by atoms with Crippen LogP contribution in [0.25, 0.3) is 0 Å². The molecular formula is C19H29N5. The molecule has 130 valence electrons. The van der Waals surface area contributed by atoms with Gasteiger partial charge in [-0.3, -0.25) is 0 Å². The van der Waals surface area contributed by atoms with Crippen LogP contribution in [0.3, 0.4) is 0 Å². The lowest BCUT2D eigenvalue weighted by Crippen LogP contribution is -2.51. The zero-order valence-electron chi connectivity index (χ0n) is 14.6. The third-order valence-corrected chi connectivity index (χ3v) is 7.14. The third kappa shape index (κ3) is 2.57. The van der Waals surface area contributed by atoms with Crippen molar-refractivity contribution < 1.29 is 0 Å². The molecule has 5 nitrogen and oxygen atoms in total. The molecule has 1 aliphatic heterocycles. The van der Waals surface area contributed by atoms with E-state index in [9.17, 15) is 0 Å². The highest BCUT2D eigenvalue weighted by Crippen LogP contribution is 2.54. The standard InChI is InChI=1S/C19H29N5/c1-20-16-2-3-24(11-16)17-9-18(23-21-10-17)22-19-14-5-12-4-13(7-14)8-15(19)6-12/h9-10,12-16,19-20H,2-8,11H2,1H3,(H,22,23)/t12?,13?,14?,15?,16-,19?/m0/s1. The van der Waals surface area contributed by atoms with Crippen molar-refractivity contribution in [3.8, 4) is 0 Å². The second-order valence-electron chi connectivity index (χ2n) is 8.62. The van der Waals surface area contributed by atoms with E-state index in [2.05, 4.69) is 38.8 Å². The molecule has 5 heteroatoms. The molecule has 24 heavy (non-hydrogen) atoms. The number of likely N-dealkylation sites (N-methyl/N-ethyl adjacent to an activating group) is 1. The van der Waals surface area contributed by atoms with E-state index >= 15 is 0 Å². The number of hydrogen-bond donors (Lipinski definition) is 2. The fraction of sp³-hybridized carbons (Fsp3) is 0.789. The minimum atomic E-state index is 0.596. The van der Waals surface area contributed by atoms with Crippen molar-refractivity contribution in [2.24, 2.45) is 23.7 Å². The van der Waals surface area contributed by atoms with Crippen LogP contribution in [-0.4, -0.2) is 42.4 Å². The van der Waals surface area contributed by atoms with Gasteiger partial charge in [0.15, 0.2) is 5.82 Å². The van der Waals surface area contributed by atoms with Gasteiger partial charge >= 0.3 is 0 Å². The number of anilines is 2. The van der Waals surface area contributed by atoms with Crippen molar-refractivity contribution in [1.82, 2.24) is 15.5 Å². The highest BCUT2D eigenvalue weighted by molar-refractivity contribution is 5.53. The zero-order chi connectivity index (χ0) is 16.1. The summed E-state index contributed by atoms with van der Waals surface area (Å²) in [5.41, 5.74) is 1.22. The van der Waals surface area contributed by atoms with Crippen LogP contribution in [-0.2, 0) is 0 Å².